The summed E-state index contributed by atoms with van der Waals surface area (Å²) >= 11 is 0. The molecule has 6 saturated heterocycles. The largest absolute Gasteiger partial charge is 0.462 e. The van der Waals surface area contributed by atoms with Crippen LogP contribution in [0, 0.1) is 76.9 Å². The molecule has 6 aliphatic heterocycles. The monoisotopic (exact) mass is 1250 g/mol. The van der Waals surface area contributed by atoms with Crippen molar-refractivity contribution in [3.63, 3.8) is 0 Å². The van der Waals surface area contributed by atoms with Gasteiger partial charge in [0.25, 0.3) is 10.1 Å². The highest BCUT2D eigenvalue weighted by Gasteiger charge is 2.68. The van der Waals surface area contributed by atoms with Gasteiger partial charge in [-0.05, 0) is 247 Å². The van der Waals surface area contributed by atoms with E-state index >= 15 is 0 Å². The highest BCUT2D eigenvalue weighted by Crippen LogP contribution is 2.59. The summed E-state index contributed by atoms with van der Waals surface area (Å²) in [5.74, 6) is 1.55. The van der Waals surface area contributed by atoms with E-state index in [0.717, 1.165) is 173 Å². The van der Waals surface area contributed by atoms with Crippen molar-refractivity contribution < 1.29 is 60.3 Å². The fourth-order valence-corrected chi connectivity index (χ4v) is 20.5. The van der Waals surface area contributed by atoms with Crippen LogP contribution in [0.2, 0.25) is 0 Å². The van der Waals surface area contributed by atoms with E-state index in [1.807, 2.05) is 45.9 Å². The molecular weight excluding hydrogens is 1140 g/mol. The van der Waals surface area contributed by atoms with Gasteiger partial charge in [-0.25, -0.2) is 0 Å². The number of fused-ring (bicyclic) bond motifs is 2. The molecule has 10 atom stereocenters. The standard InChI is InChI=1S/C21H31NO2.C17H25NO4.C16H25NO5S.C16H29NO2/c1-20(2,17-11-15-22-16-12-17)24-19(23)21(13-7-4-8-14-21)18-9-5-3-6-10-18;1-17(2,10-3-5-18-6-4-10)22-16(20)13-9-7-11-12(8-9)21-15(19)14(11)13;1-16(2,10-3-5-17-6-4-10)21-15(18)13-9-7-11-12(8-9)22-23(19,20)14(11)13;1-12-4-6-13(7-5-12)15(18)19-16(2,3)14-8-10-17-11-9-14/h3,5-6,9-10,17,22H,4,7-8,11-16H2,1-2H3;9-14,18H,3-8H2,1-2H3;9-14,17H,3-8H2,1-2H3;12-14,17H,4-11H2,1-3H3. The maximum absolute atomic E-state index is 13.3. The fraction of sp³-hybridized carbons (Fsp3) is 0.843. The minimum Gasteiger partial charge on any atom is -0.462 e. The SMILES string of the molecule is CC(C)(OC(=O)C1(c2ccccc2)CCCCC1)C1CCNCC1.CC(C)(OC(=O)C1C2CC3OC(=O)C1C3C2)C1CCNCC1.CC(C)(OC(=O)C1C2CC3OS(=O)(=O)C1C3C2)C1CCNCC1.CC1CCC(C(=O)OC(C)(C)C2CCNCC2)CC1. The molecule has 494 valence electrons. The van der Waals surface area contributed by atoms with E-state index in [-0.39, 0.29) is 89.1 Å². The van der Waals surface area contributed by atoms with Crippen LogP contribution in [0.15, 0.2) is 30.3 Å². The maximum Gasteiger partial charge on any atom is 0.317 e. The van der Waals surface area contributed by atoms with Gasteiger partial charge in [0.15, 0.2) is 0 Å². The number of piperidine rings is 4. The van der Waals surface area contributed by atoms with Crippen LogP contribution in [0.3, 0.4) is 0 Å². The lowest BCUT2D eigenvalue weighted by Crippen LogP contribution is -2.48. The van der Waals surface area contributed by atoms with Crippen LogP contribution in [-0.2, 0) is 67.4 Å². The zero-order valence-corrected chi connectivity index (χ0v) is 55.7. The average Bonchev–Trinajstić information content (AvgIpc) is 2.08. The molecule has 0 aromatic heterocycles. The molecule has 0 amide bonds. The molecule has 13 rings (SSSR count). The molecule has 12 aliphatic rings. The first-order valence-electron chi connectivity index (χ1n) is 34.7. The Morgan fingerprint density at radius 3 is 1.42 bits per heavy atom. The van der Waals surface area contributed by atoms with Gasteiger partial charge in [0, 0.05) is 35.5 Å². The number of carbonyl (C=O) groups is 5. The first-order valence-corrected chi connectivity index (χ1v) is 36.2. The minimum atomic E-state index is -3.62. The van der Waals surface area contributed by atoms with Gasteiger partial charge in [-0.3, -0.25) is 28.2 Å². The second kappa shape index (κ2) is 27.9. The molecule has 10 unspecified atom stereocenters. The molecular formula is C70H110N4O13S. The van der Waals surface area contributed by atoms with Gasteiger partial charge in [0.05, 0.1) is 35.2 Å². The van der Waals surface area contributed by atoms with Crippen molar-refractivity contribution in [1.29, 1.82) is 0 Å². The minimum absolute atomic E-state index is 0.00284. The van der Waals surface area contributed by atoms with Crippen molar-refractivity contribution in [2.45, 2.75) is 242 Å². The Morgan fingerprint density at radius 2 is 0.932 bits per heavy atom. The smallest absolute Gasteiger partial charge is 0.317 e. The third-order valence-corrected chi connectivity index (χ3v) is 25.8. The third-order valence-electron chi connectivity index (χ3n) is 24.0. The van der Waals surface area contributed by atoms with E-state index in [9.17, 15) is 32.4 Å². The summed E-state index contributed by atoms with van der Waals surface area (Å²) in [6, 6.07) is 10.3. The van der Waals surface area contributed by atoms with E-state index in [1.165, 1.54) is 19.3 Å². The lowest BCUT2D eigenvalue weighted by Gasteiger charge is -2.42. The number of benzene rings is 1. The van der Waals surface area contributed by atoms with Gasteiger partial charge in [-0.15, -0.1) is 0 Å². The van der Waals surface area contributed by atoms with Gasteiger partial charge in [0.2, 0.25) is 0 Å². The number of rotatable bonds is 13. The van der Waals surface area contributed by atoms with Crippen molar-refractivity contribution in [2.24, 2.45) is 76.9 Å². The van der Waals surface area contributed by atoms with E-state index < -0.39 is 43.5 Å². The topological polar surface area (TPSA) is 223 Å². The molecule has 4 N–H and O–H groups in total. The molecule has 18 heteroatoms. The van der Waals surface area contributed by atoms with Crippen molar-refractivity contribution >= 4 is 40.0 Å². The summed E-state index contributed by atoms with van der Waals surface area (Å²) in [5, 5.41) is 12.7. The predicted molar refractivity (Wildman–Crippen MR) is 336 cm³/mol. The van der Waals surface area contributed by atoms with Crippen LogP contribution in [0.5, 0.6) is 0 Å². The van der Waals surface area contributed by atoms with E-state index in [4.69, 9.17) is 27.9 Å². The van der Waals surface area contributed by atoms with E-state index in [2.05, 4.69) is 68.0 Å². The number of hydrogen-bond acceptors (Lipinski definition) is 17. The summed E-state index contributed by atoms with van der Waals surface area (Å²) < 4.78 is 59.0. The van der Waals surface area contributed by atoms with Crippen molar-refractivity contribution in [1.82, 2.24) is 21.3 Å². The molecule has 0 radical (unpaired) electrons. The average molecular weight is 1250 g/mol. The molecule has 12 fully saturated rings. The summed E-state index contributed by atoms with van der Waals surface area (Å²) in [6.07, 6.45) is 21.2. The summed E-state index contributed by atoms with van der Waals surface area (Å²) in [5.41, 5.74) is -1.01. The first kappa shape index (κ1) is 67.2. The van der Waals surface area contributed by atoms with Gasteiger partial charge in [-0.2, -0.15) is 8.42 Å². The number of esters is 5. The normalized spacial score (nSPS) is 33.7. The quantitative estimate of drug-likeness (QED) is 0.0819. The van der Waals surface area contributed by atoms with Crippen LogP contribution >= 0.6 is 0 Å². The Morgan fingerprint density at radius 1 is 0.511 bits per heavy atom. The lowest BCUT2D eigenvalue weighted by molar-refractivity contribution is -0.173. The third kappa shape index (κ3) is 14.9. The Bertz CT molecular complexity index is 2660. The second-order valence-corrected chi connectivity index (χ2v) is 32.8. The Labute approximate surface area is 526 Å². The zero-order chi connectivity index (χ0) is 62.8. The Balaban J connectivity index is 0.000000130. The summed E-state index contributed by atoms with van der Waals surface area (Å²) in [7, 11) is -3.62. The Kier molecular flexibility index (Phi) is 21.3. The fourth-order valence-electron chi connectivity index (χ4n) is 18.4. The van der Waals surface area contributed by atoms with Gasteiger partial charge in [-0.1, -0.05) is 56.5 Å². The highest BCUT2D eigenvalue weighted by molar-refractivity contribution is 7.87. The molecule has 6 heterocycles. The number of carbonyl (C=O) groups excluding carboxylic acids is 5. The molecule has 1 aromatic carbocycles. The predicted octanol–water partition coefficient (Wildman–Crippen LogP) is 9.91. The second-order valence-electron chi connectivity index (χ2n) is 31.1. The molecule has 17 nitrogen and oxygen atoms in total. The van der Waals surface area contributed by atoms with Crippen LogP contribution < -0.4 is 21.3 Å². The molecule has 4 bridgehead atoms. The first-order chi connectivity index (χ1) is 41.8. The van der Waals surface area contributed by atoms with Gasteiger partial charge in [0.1, 0.15) is 33.8 Å². The molecule has 1 aromatic rings. The van der Waals surface area contributed by atoms with Gasteiger partial charge < -0.3 is 45.0 Å². The van der Waals surface area contributed by atoms with Gasteiger partial charge >= 0.3 is 29.8 Å². The Hall–Kier alpha value is -3.68. The highest BCUT2D eigenvalue weighted by atomic mass is 32.2. The van der Waals surface area contributed by atoms with E-state index in [0.29, 0.717) is 30.1 Å². The van der Waals surface area contributed by atoms with Crippen LogP contribution in [0.4, 0.5) is 0 Å². The van der Waals surface area contributed by atoms with Crippen LogP contribution in [0.1, 0.15) is 203 Å². The maximum atomic E-state index is 13.3. The summed E-state index contributed by atoms with van der Waals surface area (Å²) in [4.78, 5) is 63.3. The summed E-state index contributed by atoms with van der Waals surface area (Å²) in [6.45, 7) is 26.6. The number of ether oxygens (including phenoxy) is 5. The molecule has 6 saturated carbocycles. The molecule has 0 spiro atoms. The van der Waals surface area contributed by atoms with Crippen molar-refractivity contribution in [2.75, 3.05) is 52.4 Å². The number of nitrogens with one attached hydrogen (secondary N) is 4. The van der Waals surface area contributed by atoms with Crippen LogP contribution in [0.25, 0.3) is 0 Å². The molecule has 88 heavy (non-hydrogen) atoms. The zero-order valence-electron chi connectivity index (χ0n) is 54.8. The van der Waals surface area contributed by atoms with E-state index in [1.54, 1.807) is 0 Å². The van der Waals surface area contributed by atoms with Crippen molar-refractivity contribution in [3.05, 3.63) is 35.9 Å². The lowest BCUT2D eigenvalue weighted by atomic mass is 9.69. The van der Waals surface area contributed by atoms with Crippen LogP contribution in [-0.4, -0.2) is 130 Å². The number of hydrogen-bond donors (Lipinski definition) is 4. The molecule has 6 aliphatic carbocycles. The van der Waals surface area contributed by atoms with Crippen molar-refractivity contribution in [3.8, 4) is 0 Å².